The summed E-state index contributed by atoms with van der Waals surface area (Å²) >= 11 is 6.10. The molecule has 3 aromatic rings. The molecule has 0 radical (unpaired) electrons. The van der Waals surface area contributed by atoms with Crippen molar-refractivity contribution in [3.8, 4) is 5.69 Å². The summed E-state index contributed by atoms with van der Waals surface area (Å²) in [6.07, 6.45) is 1.84. The Morgan fingerprint density at radius 2 is 1.88 bits per heavy atom. The zero-order valence-corrected chi connectivity index (χ0v) is 10.1. The van der Waals surface area contributed by atoms with E-state index in [2.05, 4.69) is 17.1 Å². The minimum Gasteiger partial charge on any atom is -0.299 e. The van der Waals surface area contributed by atoms with E-state index in [1.807, 2.05) is 48.1 Å². The van der Waals surface area contributed by atoms with Crippen LogP contribution in [0.1, 0.15) is 5.56 Å². The molecule has 17 heavy (non-hydrogen) atoms. The molecule has 3 rings (SSSR count). The first-order valence-corrected chi connectivity index (χ1v) is 5.82. The molecule has 0 aliphatic heterocycles. The van der Waals surface area contributed by atoms with Gasteiger partial charge in [-0.25, -0.2) is 4.98 Å². The molecule has 2 nitrogen and oxygen atoms in total. The highest BCUT2D eigenvalue weighted by Crippen LogP contribution is 2.24. The van der Waals surface area contributed by atoms with Crippen LogP contribution in [-0.4, -0.2) is 9.55 Å². The van der Waals surface area contributed by atoms with E-state index in [0.717, 1.165) is 27.3 Å². The van der Waals surface area contributed by atoms with Crippen LogP contribution in [0.3, 0.4) is 0 Å². The number of hydrogen-bond donors (Lipinski definition) is 0. The van der Waals surface area contributed by atoms with Crippen molar-refractivity contribution in [3.63, 3.8) is 0 Å². The van der Waals surface area contributed by atoms with Crippen molar-refractivity contribution in [2.24, 2.45) is 0 Å². The minimum absolute atomic E-state index is 0.743. The normalized spacial score (nSPS) is 10.9. The predicted octanol–water partition coefficient (Wildman–Crippen LogP) is 3.99. The van der Waals surface area contributed by atoms with E-state index < -0.39 is 0 Å². The van der Waals surface area contributed by atoms with E-state index in [-0.39, 0.29) is 0 Å². The summed E-state index contributed by atoms with van der Waals surface area (Å²) in [5.41, 5.74) is 4.23. The van der Waals surface area contributed by atoms with Crippen LogP contribution in [0.4, 0.5) is 0 Å². The number of aryl methyl sites for hydroxylation is 1. The van der Waals surface area contributed by atoms with Crippen LogP contribution >= 0.6 is 11.6 Å². The van der Waals surface area contributed by atoms with Crippen LogP contribution < -0.4 is 0 Å². The lowest BCUT2D eigenvalue weighted by Gasteiger charge is -2.04. The third-order valence-electron chi connectivity index (χ3n) is 2.84. The quantitative estimate of drug-likeness (QED) is 0.631. The SMILES string of the molecule is Cc1cc(Cl)cc2c1ncn2-c1ccccc1. The van der Waals surface area contributed by atoms with Crippen molar-refractivity contribution in [1.82, 2.24) is 9.55 Å². The van der Waals surface area contributed by atoms with Crippen LogP contribution in [0.2, 0.25) is 5.02 Å². The molecule has 0 amide bonds. The van der Waals surface area contributed by atoms with Crippen LogP contribution in [-0.2, 0) is 0 Å². The maximum Gasteiger partial charge on any atom is 0.100 e. The molecule has 2 aromatic carbocycles. The summed E-state index contributed by atoms with van der Waals surface area (Å²) < 4.78 is 2.05. The summed E-state index contributed by atoms with van der Waals surface area (Å²) in [6, 6.07) is 14.0. The largest absolute Gasteiger partial charge is 0.299 e. The smallest absolute Gasteiger partial charge is 0.100 e. The number of rotatable bonds is 1. The van der Waals surface area contributed by atoms with Gasteiger partial charge in [0.05, 0.1) is 11.0 Å². The maximum atomic E-state index is 6.10. The van der Waals surface area contributed by atoms with Crippen molar-refractivity contribution in [2.75, 3.05) is 0 Å². The lowest BCUT2D eigenvalue weighted by Crippen LogP contribution is -1.91. The second kappa shape index (κ2) is 3.90. The molecule has 0 saturated carbocycles. The van der Waals surface area contributed by atoms with Gasteiger partial charge in [0.1, 0.15) is 6.33 Å². The molecule has 0 spiro atoms. The zero-order chi connectivity index (χ0) is 11.8. The molecule has 0 N–H and O–H groups in total. The van der Waals surface area contributed by atoms with E-state index in [4.69, 9.17) is 11.6 Å². The summed E-state index contributed by atoms with van der Waals surface area (Å²) in [4.78, 5) is 4.44. The molecule has 3 heteroatoms. The highest BCUT2D eigenvalue weighted by atomic mass is 35.5. The fourth-order valence-electron chi connectivity index (χ4n) is 2.04. The second-order valence-corrected chi connectivity index (χ2v) is 4.48. The van der Waals surface area contributed by atoms with Crippen molar-refractivity contribution in [1.29, 1.82) is 0 Å². The molecule has 0 bridgehead atoms. The number of imidazole rings is 1. The first-order valence-electron chi connectivity index (χ1n) is 5.44. The van der Waals surface area contributed by atoms with Crippen molar-refractivity contribution >= 4 is 22.6 Å². The first-order chi connectivity index (χ1) is 8.25. The summed E-state index contributed by atoms with van der Waals surface area (Å²) in [7, 11) is 0. The first kappa shape index (κ1) is 10.4. The van der Waals surface area contributed by atoms with Gasteiger partial charge in [-0.05, 0) is 36.8 Å². The average molecular weight is 243 g/mol. The Hall–Kier alpha value is -1.80. The van der Waals surface area contributed by atoms with Gasteiger partial charge in [0.25, 0.3) is 0 Å². The van der Waals surface area contributed by atoms with Crippen LogP contribution in [0.5, 0.6) is 0 Å². The zero-order valence-electron chi connectivity index (χ0n) is 9.39. The van der Waals surface area contributed by atoms with Gasteiger partial charge in [-0.3, -0.25) is 4.57 Å². The fraction of sp³-hybridized carbons (Fsp3) is 0.0714. The summed E-state index contributed by atoms with van der Waals surface area (Å²) in [6.45, 7) is 2.02. The van der Waals surface area contributed by atoms with Gasteiger partial charge >= 0.3 is 0 Å². The molecule has 1 aromatic heterocycles. The molecule has 0 aliphatic carbocycles. The minimum atomic E-state index is 0.743. The molecular formula is C14H11ClN2. The molecule has 0 saturated heterocycles. The van der Waals surface area contributed by atoms with Crippen molar-refractivity contribution < 1.29 is 0 Å². The molecule has 0 fully saturated rings. The average Bonchev–Trinajstić information content (AvgIpc) is 2.74. The van der Waals surface area contributed by atoms with Crippen LogP contribution in [0.25, 0.3) is 16.7 Å². The number of hydrogen-bond acceptors (Lipinski definition) is 1. The Balaban J connectivity index is 2.32. The van der Waals surface area contributed by atoms with E-state index >= 15 is 0 Å². The van der Waals surface area contributed by atoms with E-state index in [1.165, 1.54) is 0 Å². The van der Waals surface area contributed by atoms with Crippen molar-refractivity contribution in [2.45, 2.75) is 6.92 Å². The van der Waals surface area contributed by atoms with Gasteiger partial charge in [-0.2, -0.15) is 0 Å². The Kier molecular flexibility index (Phi) is 2.37. The van der Waals surface area contributed by atoms with Gasteiger partial charge in [-0.15, -0.1) is 0 Å². The standard InChI is InChI=1S/C14H11ClN2/c1-10-7-11(15)8-13-14(10)16-9-17(13)12-5-3-2-4-6-12/h2-9H,1H3. The highest BCUT2D eigenvalue weighted by Gasteiger charge is 2.07. The molecule has 0 unspecified atom stereocenters. The number of halogens is 1. The van der Waals surface area contributed by atoms with E-state index in [1.54, 1.807) is 0 Å². The van der Waals surface area contributed by atoms with Gasteiger partial charge in [-0.1, -0.05) is 29.8 Å². The number of nitrogens with zero attached hydrogens (tertiary/aromatic N) is 2. The molecule has 84 valence electrons. The van der Waals surface area contributed by atoms with E-state index in [0.29, 0.717) is 0 Å². The Morgan fingerprint density at radius 1 is 1.12 bits per heavy atom. The van der Waals surface area contributed by atoms with Gasteiger partial charge in [0.2, 0.25) is 0 Å². The molecule has 1 heterocycles. The third kappa shape index (κ3) is 1.71. The lowest BCUT2D eigenvalue weighted by atomic mass is 10.2. The maximum absolute atomic E-state index is 6.10. The van der Waals surface area contributed by atoms with Crippen LogP contribution in [0.15, 0.2) is 48.8 Å². The monoisotopic (exact) mass is 242 g/mol. The van der Waals surface area contributed by atoms with Gasteiger partial charge in [0, 0.05) is 10.7 Å². The van der Waals surface area contributed by atoms with Crippen molar-refractivity contribution in [3.05, 3.63) is 59.4 Å². The van der Waals surface area contributed by atoms with E-state index in [9.17, 15) is 0 Å². The van der Waals surface area contributed by atoms with Gasteiger partial charge < -0.3 is 0 Å². The number of fused-ring (bicyclic) bond motifs is 1. The number of aromatic nitrogens is 2. The van der Waals surface area contributed by atoms with Gasteiger partial charge in [0.15, 0.2) is 0 Å². The summed E-state index contributed by atoms with van der Waals surface area (Å²) in [5.74, 6) is 0. The Bertz CT molecular complexity index is 671. The Morgan fingerprint density at radius 3 is 2.65 bits per heavy atom. The Labute approximate surface area is 104 Å². The highest BCUT2D eigenvalue weighted by molar-refractivity contribution is 6.31. The third-order valence-corrected chi connectivity index (χ3v) is 3.06. The lowest BCUT2D eigenvalue weighted by molar-refractivity contribution is 1.09. The topological polar surface area (TPSA) is 17.8 Å². The number of para-hydroxylation sites is 1. The second-order valence-electron chi connectivity index (χ2n) is 4.04. The fourth-order valence-corrected chi connectivity index (χ4v) is 2.31. The molecular weight excluding hydrogens is 232 g/mol. The summed E-state index contributed by atoms with van der Waals surface area (Å²) in [5, 5.41) is 0.743. The molecule has 0 aliphatic rings. The molecule has 0 atom stereocenters. The predicted molar refractivity (Wildman–Crippen MR) is 70.8 cm³/mol. The van der Waals surface area contributed by atoms with Crippen LogP contribution in [0, 0.1) is 6.92 Å². The number of benzene rings is 2.